The highest BCUT2D eigenvalue weighted by Crippen LogP contribution is 2.20. The Morgan fingerprint density at radius 1 is 1.28 bits per heavy atom. The number of piperidine rings is 1. The Balaban J connectivity index is 1.70. The lowest BCUT2D eigenvalue weighted by Crippen LogP contribution is -2.39. The van der Waals surface area contributed by atoms with Gasteiger partial charge in [-0.25, -0.2) is 4.79 Å². The first-order valence-corrected chi connectivity index (χ1v) is 9.35. The summed E-state index contributed by atoms with van der Waals surface area (Å²) in [5.74, 6) is 7.57. The lowest BCUT2D eigenvalue weighted by Gasteiger charge is -2.29. The van der Waals surface area contributed by atoms with Crippen LogP contribution in [0.15, 0.2) is 24.3 Å². The van der Waals surface area contributed by atoms with Crippen LogP contribution in [0.2, 0.25) is 5.02 Å². The van der Waals surface area contributed by atoms with Crippen molar-refractivity contribution in [2.75, 3.05) is 33.2 Å². The van der Waals surface area contributed by atoms with E-state index in [0.717, 1.165) is 32.4 Å². The third kappa shape index (κ3) is 6.97. The van der Waals surface area contributed by atoms with E-state index in [2.05, 4.69) is 30.7 Å². The van der Waals surface area contributed by atoms with Crippen LogP contribution in [0.1, 0.15) is 32.6 Å². The highest BCUT2D eigenvalue weighted by atomic mass is 35.5. The van der Waals surface area contributed by atoms with Crippen LogP contribution in [0.5, 0.6) is 5.75 Å². The molecule has 0 saturated carbocycles. The van der Waals surface area contributed by atoms with Gasteiger partial charge < -0.3 is 14.5 Å². The van der Waals surface area contributed by atoms with Gasteiger partial charge in [0.15, 0.2) is 0 Å². The number of hydrogen-bond acceptors (Lipinski definition) is 3. The second-order valence-corrected chi connectivity index (χ2v) is 6.89. The molecule has 136 valence electrons. The van der Waals surface area contributed by atoms with Crippen molar-refractivity contribution in [3.63, 3.8) is 0 Å². The van der Waals surface area contributed by atoms with E-state index in [9.17, 15) is 4.79 Å². The summed E-state index contributed by atoms with van der Waals surface area (Å²) in [6, 6.07) is 6.83. The molecule has 1 aromatic rings. The first-order chi connectivity index (χ1) is 12.1. The van der Waals surface area contributed by atoms with Crippen molar-refractivity contribution in [2.24, 2.45) is 5.92 Å². The van der Waals surface area contributed by atoms with Gasteiger partial charge in [-0.1, -0.05) is 24.4 Å². The molecule has 0 aromatic heterocycles. The molecule has 1 amide bonds. The predicted octanol–water partition coefficient (Wildman–Crippen LogP) is 4.29. The first kappa shape index (κ1) is 19.6. The number of rotatable bonds is 5. The third-order valence-corrected chi connectivity index (χ3v) is 4.55. The quantitative estimate of drug-likeness (QED) is 0.732. The molecular weight excluding hydrogens is 336 g/mol. The van der Waals surface area contributed by atoms with Gasteiger partial charge >= 0.3 is 6.09 Å². The molecule has 2 rings (SSSR count). The average molecular weight is 363 g/mol. The molecule has 1 saturated heterocycles. The number of nitrogens with zero attached hydrogens (tertiary/aromatic N) is 2. The fourth-order valence-electron chi connectivity index (χ4n) is 2.83. The van der Waals surface area contributed by atoms with Crippen molar-refractivity contribution in [2.45, 2.75) is 32.6 Å². The van der Waals surface area contributed by atoms with Gasteiger partial charge in [0.2, 0.25) is 0 Å². The van der Waals surface area contributed by atoms with Crippen LogP contribution >= 0.6 is 11.6 Å². The molecule has 25 heavy (non-hydrogen) atoms. The zero-order valence-corrected chi connectivity index (χ0v) is 15.9. The summed E-state index contributed by atoms with van der Waals surface area (Å²) in [5.41, 5.74) is 0. The van der Waals surface area contributed by atoms with Crippen LogP contribution in [0.25, 0.3) is 0 Å². The molecule has 0 bridgehead atoms. The molecule has 0 radical (unpaired) electrons. The van der Waals surface area contributed by atoms with Gasteiger partial charge in [0.05, 0.1) is 0 Å². The highest BCUT2D eigenvalue weighted by molar-refractivity contribution is 6.30. The Morgan fingerprint density at radius 3 is 2.60 bits per heavy atom. The van der Waals surface area contributed by atoms with Crippen molar-refractivity contribution >= 4 is 17.7 Å². The van der Waals surface area contributed by atoms with Gasteiger partial charge in [-0.05, 0) is 57.1 Å². The molecule has 1 aliphatic rings. The van der Waals surface area contributed by atoms with Crippen molar-refractivity contribution in [1.29, 1.82) is 0 Å². The number of carbonyl (C=O) groups excluding carboxylic acids is 1. The molecule has 1 heterocycles. The standard InChI is InChI=1S/C20H27ClN2O2/c1-3-13-22(2)14-5-4-6-17-11-15-23(16-12-17)20(24)25-19-9-7-18(21)8-10-19/h7-10,17H,3,5,11-16H2,1-2H3. The van der Waals surface area contributed by atoms with E-state index in [4.69, 9.17) is 16.3 Å². The van der Waals surface area contributed by atoms with E-state index in [0.29, 0.717) is 29.8 Å². The molecule has 0 N–H and O–H groups in total. The third-order valence-electron chi connectivity index (χ3n) is 4.30. The summed E-state index contributed by atoms with van der Waals surface area (Å²) in [6.07, 6.45) is 3.61. The van der Waals surface area contributed by atoms with Crippen LogP contribution in [0, 0.1) is 17.8 Å². The largest absolute Gasteiger partial charge is 0.415 e. The molecule has 1 fully saturated rings. The minimum atomic E-state index is -0.296. The number of benzene rings is 1. The summed E-state index contributed by atoms with van der Waals surface area (Å²) in [4.78, 5) is 16.2. The van der Waals surface area contributed by atoms with Crippen molar-refractivity contribution < 1.29 is 9.53 Å². The zero-order valence-electron chi connectivity index (χ0n) is 15.1. The van der Waals surface area contributed by atoms with E-state index >= 15 is 0 Å². The van der Waals surface area contributed by atoms with Crippen molar-refractivity contribution in [3.8, 4) is 17.6 Å². The van der Waals surface area contributed by atoms with E-state index in [1.54, 1.807) is 29.2 Å². The van der Waals surface area contributed by atoms with Crippen LogP contribution in [-0.4, -0.2) is 49.1 Å². The Labute approximate surface area is 156 Å². The molecule has 0 aliphatic carbocycles. The summed E-state index contributed by atoms with van der Waals surface area (Å²) in [7, 11) is 2.13. The minimum Gasteiger partial charge on any atom is -0.410 e. The Morgan fingerprint density at radius 2 is 1.96 bits per heavy atom. The second-order valence-electron chi connectivity index (χ2n) is 6.46. The first-order valence-electron chi connectivity index (χ1n) is 8.97. The Kier molecular flexibility index (Phi) is 8.11. The van der Waals surface area contributed by atoms with Gasteiger partial charge in [0.1, 0.15) is 5.75 Å². The maximum Gasteiger partial charge on any atom is 0.415 e. The van der Waals surface area contributed by atoms with Crippen LogP contribution < -0.4 is 4.74 Å². The van der Waals surface area contributed by atoms with Crippen LogP contribution in [0.4, 0.5) is 4.79 Å². The van der Waals surface area contributed by atoms with Crippen molar-refractivity contribution in [1.82, 2.24) is 9.80 Å². The number of amides is 1. The topological polar surface area (TPSA) is 32.8 Å². The molecular formula is C20H27ClN2O2. The Bertz CT molecular complexity index is 598. The van der Waals surface area contributed by atoms with E-state index in [-0.39, 0.29) is 6.09 Å². The van der Waals surface area contributed by atoms with Gasteiger partial charge in [0.25, 0.3) is 0 Å². The summed E-state index contributed by atoms with van der Waals surface area (Å²) < 4.78 is 5.38. The number of halogens is 1. The molecule has 4 nitrogen and oxygen atoms in total. The molecule has 1 aromatic carbocycles. The second kappa shape index (κ2) is 10.3. The number of hydrogen-bond donors (Lipinski definition) is 0. The fraction of sp³-hybridized carbons (Fsp3) is 0.550. The molecule has 1 aliphatic heterocycles. The van der Waals surface area contributed by atoms with Crippen LogP contribution in [0.3, 0.4) is 0 Å². The van der Waals surface area contributed by atoms with Crippen LogP contribution in [-0.2, 0) is 0 Å². The van der Waals surface area contributed by atoms with E-state index < -0.39 is 0 Å². The average Bonchev–Trinajstić information content (AvgIpc) is 2.61. The van der Waals surface area contributed by atoms with Gasteiger partial charge in [-0.2, -0.15) is 0 Å². The SMILES string of the molecule is CCCN(C)CCC#CC1CCN(C(=O)Oc2ccc(Cl)cc2)CC1. The highest BCUT2D eigenvalue weighted by Gasteiger charge is 2.23. The van der Waals surface area contributed by atoms with Gasteiger partial charge in [0, 0.05) is 37.0 Å². The maximum atomic E-state index is 12.2. The van der Waals surface area contributed by atoms with Gasteiger partial charge in [-0.15, -0.1) is 5.92 Å². The number of likely N-dealkylation sites (tertiary alicyclic amines) is 1. The molecule has 5 heteroatoms. The van der Waals surface area contributed by atoms with E-state index in [1.807, 2.05) is 0 Å². The molecule has 0 unspecified atom stereocenters. The molecule has 0 atom stereocenters. The summed E-state index contributed by atoms with van der Waals surface area (Å²) >= 11 is 5.83. The summed E-state index contributed by atoms with van der Waals surface area (Å²) in [6.45, 7) is 5.72. The minimum absolute atomic E-state index is 0.296. The zero-order chi connectivity index (χ0) is 18.1. The Hall–Kier alpha value is -1.70. The monoisotopic (exact) mass is 362 g/mol. The molecule has 0 spiro atoms. The smallest absolute Gasteiger partial charge is 0.410 e. The van der Waals surface area contributed by atoms with Gasteiger partial charge in [-0.3, -0.25) is 0 Å². The lowest BCUT2D eigenvalue weighted by molar-refractivity contribution is 0.137. The maximum absolute atomic E-state index is 12.2. The lowest BCUT2D eigenvalue weighted by atomic mass is 9.97. The normalized spacial score (nSPS) is 15.0. The predicted molar refractivity (Wildman–Crippen MR) is 102 cm³/mol. The fourth-order valence-corrected chi connectivity index (χ4v) is 2.96. The van der Waals surface area contributed by atoms with Crippen molar-refractivity contribution in [3.05, 3.63) is 29.3 Å². The van der Waals surface area contributed by atoms with E-state index in [1.165, 1.54) is 6.42 Å². The summed E-state index contributed by atoms with van der Waals surface area (Å²) in [5, 5.41) is 0.625. The number of carbonyl (C=O) groups is 1. The number of ether oxygens (including phenoxy) is 1.